The van der Waals surface area contributed by atoms with Crippen LogP contribution in [0, 0.1) is 18.3 Å². The van der Waals surface area contributed by atoms with Gasteiger partial charge in [-0.25, -0.2) is 0 Å². The van der Waals surface area contributed by atoms with Crippen LogP contribution in [0.4, 0.5) is 0 Å². The Kier molecular flexibility index (Phi) is 3.94. The van der Waals surface area contributed by atoms with Crippen molar-refractivity contribution in [2.75, 3.05) is 0 Å². The van der Waals surface area contributed by atoms with Crippen molar-refractivity contribution in [3.63, 3.8) is 0 Å². The van der Waals surface area contributed by atoms with Gasteiger partial charge in [0.15, 0.2) is 0 Å². The molecule has 0 amide bonds. The van der Waals surface area contributed by atoms with Crippen molar-refractivity contribution in [3.8, 4) is 0 Å². The van der Waals surface area contributed by atoms with Gasteiger partial charge in [0.2, 0.25) is 0 Å². The van der Waals surface area contributed by atoms with E-state index in [9.17, 15) is 0 Å². The Hall–Kier alpha value is 0. The minimum atomic E-state index is 0.801. The summed E-state index contributed by atoms with van der Waals surface area (Å²) in [5.41, 5.74) is 0. The Morgan fingerprint density at radius 2 is 1.75 bits per heavy atom. The lowest BCUT2D eigenvalue weighted by molar-refractivity contribution is 0.482. The fourth-order valence-corrected chi connectivity index (χ4v) is 0.880. The molecule has 0 heteroatoms. The predicted octanol–water partition coefficient (Wildman–Crippen LogP) is 2.89. The Bertz CT molecular complexity index is 46.0. The second-order valence-electron chi connectivity index (χ2n) is 2.94. The molecular formula is C8H17. The highest BCUT2D eigenvalue weighted by Crippen LogP contribution is 2.12. The standard InChI is InChI=1S/C8H17/c1-5-8(4)6-7(2)3/h5,7-8H,6H2,1-4H3. The molecule has 8 heavy (non-hydrogen) atoms. The molecule has 0 spiro atoms. The summed E-state index contributed by atoms with van der Waals surface area (Å²) in [4.78, 5) is 0. The van der Waals surface area contributed by atoms with Gasteiger partial charge in [-0.3, -0.25) is 0 Å². The molecule has 0 aliphatic rings. The zero-order valence-corrected chi connectivity index (χ0v) is 6.44. The molecule has 0 saturated heterocycles. The van der Waals surface area contributed by atoms with Gasteiger partial charge in [-0.1, -0.05) is 27.7 Å². The van der Waals surface area contributed by atoms with Crippen molar-refractivity contribution in [1.29, 1.82) is 0 Å². The second kappa shape index (κ2) is 3.94. The molecule has 0 saturated carbocycles. The average molecular weight is 113 g/mol. The van der Waals surface area contributed by atoms with Gasteiger partial charge in [0.1, 0.15) is 0 Å². The van der Waals surface area contributed by atoms with Crippen LogP contribution >= 0.6 is 0 Å². The molecule has 0 rings (SSSR count). The van der Waals surface area contributed by atoms with Crippen molar-refractivity contribution >= 4 is 0 Å². The molecule has 1 unspecified atom stereocenters. The van der Waals surface area contributed by atoms with Gasteiger partial charge >= 0.3 is 0 Å². The second-order valence-corrected chi connectivity index (χ2v) is 2.94. The summed E-state index contributed by atoms with van der Waals surface area (Å²) < 4.78 is 0. The largest absolute Gasteiger partial charge is 0.0628 e. The maximum Gasteiger partial charge on any atom is -0.0389 e. The molecular weight excluding hydrogens is 96.1 g/mol. The quantitative estimate of drug-likeness (QED) is 0.528. The average Bonchev–Trinajstić information content (AvgIpc) is 1.65. The van der Waals surface area contributed by atoms with Crippen molar-refractivity contribution in [1.82, 2.24) is 0 Å². The number of hydrogen-bond acceptors (Lipinski definition) is 0. The molecule has 0 bridgehead atoms. The van der Waals surface area contributed by atoms with Crippen LogP contribution < -0.4 is 0 Å². The van der Waals surface area contributed by atoms with E-state index in [1.54, 1.807) is 0 Å². The fraction of sp³-hybridized carbons (Fsp3) is 0.875. The van der Waals surface area contributed by atoms with E-state index < -0.39 is 0 Å². The van der Waals surface area contributed by atoms with E-state index in [4.69, 9.17) is 0 Å². The van der Waals surface area contributed by atoms with Crippen LogP contribution in [0.1, 0.15) is 34.1 Å². The highest BCUT2D eigenvalue weighted by atomic mass is 14.1. The summed E-state index contributed by atoms with van der Waals surface area (Å²) in [6.07, 6.45) is 3.59. The summed E-state index contributed by atoms with van der Waals surface area (Å²) >= 11 is 0. The van der Waals surface area contributed by atoms with E-state index >= 15 is 0 Å². The van der Waals surface area contributed by atoms with Crippen molar-refractivity contribution in [2.45, 2.75) is 34.1 Å². The van der Waals surface area contributed by atoms with Crippen LogP contribution in [0.5, 0.6) is 0 Å². The number of hydrogen-bond donors (Lipinski definition) is 0. The summed E-state index contributed by atoms with van der Waals surface area (Å²) in [6.45, 7) is 8.92. The summed E-state index contributed by atoms with van der Waals surface area (Å²) in [7, 11) is 0. The molecule has 0 nitrogen and oxygen atoms in total. The van der Waals surface area contributed by atoms with Crippen LogP contribution in [0.3, 0.4) is 0 Å². The van der Waals surface area contributed by atoms with Gasteiger partial charge in [-0.15, -0.1) is 0 Å². The van der Waals surface area contributed by atoms with Crippen LogP contribution in [0.25, 0.3) is 0 Å². The smallest absolute Gasteiger partial charge is 0.0389 e. The molecule has 0 heterocycles. The Labute approximate surface area is 53.3 Å². The first-order chi connectivity index (χ1) is 3.66. The lowest BCUT2D eigenvalue weighted by Crippen LogP contribution is -1.97. The third-order valence-electron chi connectivity index (χ3n) is 1.41. The highest BCUT2D eigenvalue weighted by Gasteiger charge is 2.00. The molecule has 0 aromatic heterocycles. The van der Waals surface area contributed by atoms with Gasteiger partial charge in [0.05, 0.1) is 0 Å². The van der Waals surface area contributed by atoms with Crippen molar-refractivity contribution < 1.29 is 0 Å². The van der Waals surface area contributed by atoms with E-state index in [1.165, 1.54) is 6.42 Å². The summed E-state index contributed by atoms with van der Waals surface area (Å²) in [6, 6.07) is 0. The van der Waals surface area contributed by atoms with E-state index in [2.05, 4.69) is 34.1 Å². The molecule has 1 radical (unpaired) electrons. The Morgan fingerprint density at radius 3 is 1.88 bits per heavy atom. The first-order valence-electron chi connectivity index (χ1n) is 3.46. The zero-order chi connectivity index (χ0) is 6.57. The maximum absolute atomic E-state index is 2.26. The van der Waals surface area contributed by atoms with Gasteiger partial charge < -0.3 is 0 Å². The minimum absolute atomic E-state index is 0.801. The van der Waals surface area contributed by atoms with E-state index in [0.717, 1.165) is 11.8 Å². The predicted molar refractivity (Wildman–Crippen MR) is 38.6 cm³/mol. The molecule has 0 N–H and O–H groups in total. The van der Waals surface area contributed by atoms with Crippen LogP contribution in [-0.4, -0.2) is 0 Å². The molecule has 0 aliphatic carbocycles. The van der Waals surface area contributed by atoms with Crippen LogP contribution in [0.2, 0.25) is 0 Å². The molecule has 0 aromatic rings. The third-order valence-corrected chi connectivity index (χ3v) is 1.41. The first-order valence-corrected chi connectivity index (χ1v) is 3.46. The first kappa shape index (κ1) is 8.00. The molecule has 1 atom stereocenters. The van der Waals surface area contributed by atoms with Gasteiger partial charge in [0, 0.05) is 0 Å². The van der Waals surface area contributed by atoms with Crippen LogP contribution in [-0.2, 0) is 0 Å². The van der Waals surface area contributed by atoms with E-state index in [1.807, 2.05) is 0 Å². The maximum atomic E-state index is 2.26. The SMILES string of the molecule is C[CH]C(C)CC(C)C. The molecule has 0 fully saturated rings. The number of rotatable bonds is 3. The normalized spacial score (nSPS) is 14.6. The third kappa shape index (κ3) is 4.17. The highest BCUT2D eigenvalue weighted by molar-refractivity contribution is 4.67. The summed E-state index contributed by atoms with van der Waals surface area (Å²) in [5.74, 6) is 1.65. The van der Waals surface area contributed by atoms with Gasteiger partial charge in [0.25, 0.3) is 0 Å². The van der Waals surface area contributed by atoms with E-state index in [-0.39, 0.29) is 0 Å². The van der Waals surface area contributed by atoms with Gasteiger partial charge in [-0.2, -0.15) is 0 Å². The lowest BCUT2D eigenvalue weighted by atomic mass is 9.97. The van der Waals surface area contributed by atoms with Gasteiger partial charge in [-0.05, 0) is 24.7 Å². The van der Waals surface area contributed by atoms with Crippen LogP contribution in [0.15, 0.2) is 0 Å². The topological polar surface area (TPSA) is 0 Å². The Balaban J connectivity index is 3.10. The zero-order valence-electron chi connectivity index (χ0n) is 6.44. The lowest BCUT2D eigenvalue weighted by Gasteiger charge is -2.09. The minimum Gasteiger partial charge on any atom is -0.0628 e. The molecule has 0 aliphatic heterocycles. The fourth-order valence-electron chi connectivity index (χ4n) is 0.880. The Morgan fingerprint density at radius 1 is 1.25 bits per heavy atom. The summed E-state index contributed by atoms with van der Waals surface area (Å²) in [5, 5.41) is 0. The van der Waals surface area contributed by atoms with E-state index in [0.29, 0.717) is 0 Å². The van der Waals surface area contributed by atoms with Crippen molar-refractivity contribution in [3.05, 3.63) is 6.42 Å². The monoisotopic (exact) mass is 113 g/mol. The van der Waals surface area contributed by atoms with Crippen molar-refractivity contribution in [2.24, 2.45) is 11.8 Å². The molecule has 49 valence electrons. The molecule has 0 aromatic carbocycles.